The van der Waals surface area contributed by atoms with E-state index in [-0.39, 0.29) is 43.7 Å². The predicted octanol–water partition coefficient (Wildman–Crippen LogP) is 0.949. The molecule has 0 bridgehead atoms. The van der Waals surface area contributed by atoms with E-state index in [1.807, 2.05) is 13.8 Å². The summed E-state index contributed by atoms with van der Waals surface area (Å²) < 4.78 is 5.90. The number of hydrogen-bond acceptors (Lipinski definition) is 8. The van der Waals surface area contributed by atoms with Crippen molar-refractivity contribution in [3.63, 3.8) is 0 Å². The minimum atomic E-state index is -0.699. The molecule has 11 heteroatoms. The third-order valence-electron chi connectivity index (χ3n) is 4.49. The predicted molar refractivity (Wildman–Crippen MR) is 122 cm³/mol. The summed E-state index contributed by atoms with van der Waals surface area (Å²) in [6, 6.07) is 0. The number of ether oxygens (including phenoxy) is 1. The van der Waals surface area contributed by atoms with Crippen molar-refractivity contribution in [2.45, 2.75) is 57.8 Å². The molecular weight excluding hydrogens is 428 g/mol. The second-order valence-corrected chi connectivity index (χ2v) is 9.73. The number of carbonyl (C=O) groups excluding carboxylic acids is 4. The van der Waals surface area contributed by atoms with Gasteiger partial charge in [0.15, 0.2) is 0 Å². The van der Waals surface area contributed by atoms with Crippen LogP contribution in [0.25, 0.3) is 0 Å². The summed E-state index contributed by atoms with van der Waals surface area (Å²) in [5, 5.41) is 2.33. The Labute approximate surface area is 188 Å². The first-order valence-electron chi connectivity index (χ1n) is 9.76. The van der Waals surface area contributed by atoms with Crippen LogP contribution in [0.4, 0.5) is 0 Å². The molecular formula is C19H36N4O5S2. The molecule has 3 amide bonds. The van der Waals surface area contributed by atoms with Crippen molar-refractivity contribution >= 4 is 46.5 Å². The lowest BCUT2D eigenvalue weighted by Crippen LogP contribution is -2.46. The fourth-order valence-electron chi connectivity index (χ4n) is 2.22. The van der Waals surface area contributed by atoms with E-state index in [1.54, 1.807) is 27.9 Å². The van der Waals surface area contributed by atoms with Gasteiger partial charge in [-0.2, -0.15) is 0 Å². The monoisotopic (exact) mass is 464 g/mol. The Morgan fingerprint density at radius 2 is 1.87 bits per heavy atom. The Morgan fingerprint density at radius 1 is 1.23 bits per heavy atom. The molecule has 0 aromatic rings. The Balaban J connectivity index is 4.26. The summed E-state index contributed by atoms with van der Waals surface area (Å²) >= 11 is 3.95. The summed E-state index contributed by atoms with van der Waals surface area (Å²) in [7, 11) is 4.25. The number of thiol groups is 1. The number of carbonyl (C=O) groups is 4. The number of aldehydes is 1. The van der Waals surface area contributed by atoms with Crippen LogP contribution in [-0.2, 0) is 23.9 Å². The van der Waals surface area contributed by atoms with Gasteiger partial charge in [0.1, 0.15) is 6.29 Å². The lowest BCUT2D eigenvalue weighted by Gasteiger charge is -2.31. The molecule has 174 valence electrons. The van der Waals surface area contributed by atoms with Crippen LogP contribution in [-0.4, -0.2) is 73.6 Å². The van der Waals surface area contributed by atoms with Crippen LogP contribution < -0.4 is 16.2 Å². The highest BCUT2D eigenvalue weighted by molar-refractivity contribution is 8.69. The Kier molecular flexibility index (Phi) is 13.3. The van der Waals surface area contributed by atoms with Gasteiger partial charge in [0.2, 0.25) is 17.7 Å². The van der Waals surface area contributed by atoms with Crippen molar-refractivity contribution in [2.75, 3.05) is 33.8 Å². The maximum atomic E-state index is 12.0. The van der Waals surface area contributed by atoms with Gasteiger partial charge in [0.05, 0.1) is 22.9 Å². The summed E-state index contributed by atoms with van der Waals surface area (Å²) in [6.07, 6.45) is 1.48. The van der Waals surface area contributed by atoms with Crippen LogP contribution in [0.5, 0.6) is 0 Å². The SMILES string of the molecule is CNNC(=O)C(C)(C)COC(C)(C)CCNC(=O)CCN(C)C(=O)CC(C=O)SS. The first-order valence-corrected chi connectivity index (χ1v) is 11.7. The van der Waals surface area contributed by atoms with Crippen molar-refractivity contribution in [3.8, 4) is 0 Å². The van der Waals surface area contributed by atoms with Crippen LogP contribution in [0.15, 0.2) is 0 Å². The van der Waals surface area contributed by atoms with Crippen LogP contribution in [0, 0.1) is 5.41 Å². The summed E-state index contributed by atoms with van der Waals surface area (Å²) in [5.41, 5.74) is 3.94. The van der Waals surface area contributed by atoms with Gasteiger partial charge < -0.3 is 19.7 Å². The fraction of sp³-hybridized carbons (Fsp3) is 0.789. The molecule has 0 spiro atoms. The van der Waals surface area contributed by atoms with Gasteiger partial charge >= 0.3 is 0 Å². The molecule has 0 saturated heterocycles. The van der Waals surface area contributed by atoms with E-state index in [0.29, 0.717) is 19.3 Å². The van der Waals surface area contributed by atoms with Crippen molar-refractivity contribution in [3.05, 3.63) is 0 Å². The maximum absolute atomic E-state index is 12.0. The van der Waals surface area contributed by atoms with Gasteiger partial charge in [-0.25, -0.2) is 5.43 Å². The summed E-state index contributed by atoms with van der Waals surface area (Å²) in [5.74, 6) is -0.546. The fourth-order valence-corrected chi connectivity index (χ4v) is 2.86. The smallest absolute Gasteiger partial charge is 0.242 e. The van der Waals surface area contributed by atoms with Crippen LogP contribution in [0.2, 0.25) is 0 Å². The molecule has 0 aromatic carbocycles. The number of rotatable bonds is 15. The quantitative estimate of drug-likeness (QED) is 0.123. The molecule has 3 N–H and O–H groups in total. The number of nitrogens with zero attached hydrogens (tertiary/aromatic N) is 1. The van der Waals surface area contributed by atoms with Crippen molar-refractivity contribution in [1.82, 2.24) is 21.1 Å². The Hall–Kier alpha value is -1.30. The number of hydrazine groups is 1. The van der Waals surface area contributed by atoms with E-state index in [2.05, 4.69) is 27.8 Å². The van der Waals surface area contributed by atoms with Crippen molar-refractivity contribution in [2.24, 2.45) is 5.41 Å². The average molecular weight is 465 g/mol. The maximum Gasteiger partial charge on any atom is 0.242 e. The third-order valence-corrected chi connectivity index (χ3v) is 5.85. The second kappa shape index (κ2) is 13.9. The minimum absolute atomic E-state index is 0.0595. The van der Waals surface area contributed by atoms with Gasteiger partial charge in [0.25, 0.3) is 0 Å². The van der Waals surface area contributed by atoms with E-state index in [4.69, 9.17) is 4.74 Å². The molecule has 0 aliphatic carbocycles. The van der Waals surface area contributed by atoms with E-state index >= 15 is 0 Å². The van der Waals surface area contributed by atoms with Gasteiger partial charge in [-0.05, 0) is 34.1 Å². The lowest BCUT2D eigenvalue weighted by molar-refractivity contribution is -0.138. The third kappa shape index (κ3) is 11.8. The van der Waals surface area contributed by atoms with Crippen LogP contribution >= 0.6 is 22.5 Å². The molecule has 0 aliphatic heterocycles. The molecule has 1 unspecified atom stereocenters. The topological polar surface area (TPSA) is 117 Å². The Morgan fingerprint density at radius 3 is 2.40 bits per heavy atom. The molecule has 0 aromatic heterocycles. The molecule has 0 fully saturated rings. The number of amides is 3. The number of nitrogens with one attached hydrogen (secondary N) is 3. The van der Waals surface area contributed by atoms with E-state index < -0.39 is 16.3 Å². The molecule has 0 radical (unpaired) electrons. The van der Waals surface area contributed by atoms with Crippen LogP contribution in [0.3, 0.4) is 0 Å². The molecule has 0 aliphatic rings. The van der Waals surface area contributed by atoms with Gasteiger partial charge in [-0.15, -0.1) is 11.7 Å². The molecule has 1 atom stereocenters. The first kappa shape index (κ1) is 28.7. The summed E-state index contributed by atoms with van der Waals surface area (Å²) in [6.45, 7) is 8.31. The highest BCUT2D eigenvalue weighted by Crippen LogP contribution is 2.22. The Bertz CT molecular complexity index is 587. The normalized spacial score (nSPS) is 12.8. The zero-order valence-corrected chi connectivity index (χ0v) is 20.5. The van der Waals surface area contributed by atoms with Crippen LogP contribution in [0.1, 0.15) is 47.0 Å². The molecule has 9 nitrogen and oxygen atoms in total. The molecule has 0 saturated carbocycles. The van der Waals surface area contributed by atoms with Crippen molar-refractivity contribution in [1.29, 1.82) is 0 Å². The van der Waals surface area contributed by atoms with Gasteiger partial charge in [-0.1, -0.05) is 10.8 Å². The van der Waals surface area contributed by atoms with E-state index in [9.17, 15) is 19.2 Å². The molecule has 0 rings (SSSR count). The lowest BCUT2D eigenvalue weighted by atomic mass is 9.93. The zero-order valence-electron chi connectivity index (χ0n) is 18.7. The standard InChI is InChI=1S/C19H36N4O5S2/c1-18(2,17(27)22-20-5)13-28-19(3,4)8-9-21-15(25)7-10-23(6)16(26)11-14(12-24)30-29/h12,14,20,29H,7-11,13H2,1-6H3,(H,21,25)(H,22,27). The molecule has 30 heavy (non-hydrogen) atoms. The largest absolute Gasteiger partial charge is 0.374 e. The van der Waals surface area contributed by atoms with Gasteiger partial charge in [0, 0.05) is 40.0 Å². The van der Waals surface area contributed by atoms with Gasteiger partial charge in [-0.3, -0.25) is 19.8 Å². The minimum Gasteiger partial charge on any atom is -0.374 e. The first-order chi connectivity index (χ1) is 13.9. The second-order valence-electron chi connectivity index (χ2n) is 8.29. The average Bonchev–Trinajstić information content (AvgIpc) is 2.68. The van der Waals surface area contributed by atoms with E-state index in [1.165, 1.54) is 4.90 Å². The highest BCUT2D eigenvalue weighted by Gasteiger charge is 2.31. The zero-order chi connectivity index (χ0) is 23.4. The van der Waals surface area contributed by atoms with Crippen molar-refractivity contribution < 1.29 is 23.9 Å². The summed E-state index contributed by atoms with van der Waals surface area (Å²) in [4.78, 5) is 48.3. The molecule has 0 heterocycles. The number of hydrogen-bond donors (Lipinski definition) is 4. The highest BCUT2D eigenvalue weighted by atomic mass is 33.1. The van der Waals surface area contributed by atoms with E-state index in [0.717, 1.165) is 10.8 Å².